The van der Waals surface area contributed by atoms with E-state index < -0.39 is 6.10 Å². The number of ether oxygens (including phenoxy) is 3. The number of benzene rings is 1. The fourth-order valence-corrected chi connectivity index (χ4v) is 3.00. The standard InChI is InChI=1S/C20H23NO5S/c1-5-15(24-4)11-16(13(2)23-3)18-17(22)19(20(21)25-18)26-27-12-14-9-7-6-8-10-14/h5-11,18H,1,12,21H2,2-4H3/b15-11+,16-13-. The van der Waals surface area contributed by atoms with Gasteiger partial charge in [-0.3, -0.25) is 4.79 Å². The van der Waals surface area contributed by atoms with Crippen molar-refractivity contribution in [3.05, 3.63) is 83.4 Å². The first-order chi connectivity index (χ1) is 13.0. The number of hydrogen-bond donors (Lipinski definition) is 1. The average Bonchev–Trinajstić information content (AvgIpc) is 2.97. The largest absolute Gasteiger partial charge is 0.501 e. The summed E-state index contributed by atoms with van der Waals surface area (Å²) in [5.74, 6) is 1.08. The number of allylic oxidation sites excluding steroid dienone is 2. The van der Waals surface area contributed by atoms with Gasteiger partial charge in [-0.25, -0.2) is 0 Å². The zero-order valence-corrected chi connectivity index (χ0v) is 16.4. The first-order valence-corrected chi connectivity index (χ1v) is 9.09. The third-order valence-corrected chi connectivity index (χ3v) is 4.61. The van der Waals surface area contributed by atoms with Crippen LogP contribution in [-0.4, -0.2) is 26.1 Å². The molecule has 1 unspecified atom stereocenters. The highest BCUT2D eigenvalue weighted by Crippen LogP contribution is 2.31. The number of Topliss-reactive ketones (excluding diaryl/α,β-unsaturated/α-hetero) is 1. The summed E-state index contributed by atoms with van der Waals surface area (Å²) >= 11 is 1.12. The number of methoxy groups -OCH3 is 2. The summed E-state index contributed by atoms with van der Waals surface area (Å²) in [6.45, 7) is 5.39. The summed E-state index contributed by atoms with van der Waals surface area (Å²) in [4.78, 5) is 12.8. The number of nitrogens with two attached hydrogens (primary N) is 1. The van der Waals surface area contributed by atoms with Crippen molar-refractivity contribution in [2.75, 3.05) is 14.2 Å². The molecule has 7 heteroatoms. The zero-order valence-electron chi connectivity index (χ0n) is 15.6. The second-order valence-electron chi connectivity index (χ2n) is 5.56. The summed E-state index contributed by atoms with van der Waals surface area (Å²) in [6, 6.07) is 9.75. The lowest BCUT2D eigenvalue weighted by Crippen LogP contribution is -2.22. The lowest BCUT2D eigenvalue weighted by molar-refractivity contribution is -0.121. The normalized spacial score (nSPS) is 18.0. The topological polar surface area (TPSA) is 80.0 Å². The van der Waals surface area contributed by atoms with E-state index in [1.807, 2.05) is 30.3 Å². The maximum Gasteiger partial charge on any atom is 0.249 e. The molecular formula is C20H23NO5S. The van der Waals surface area contributed by atoms with Gasteiger partial charge in [0.15, 0.2) is 6.10 Å². The van der Waals surface area contributed by atoms with E-state index in [0.717, 1.165) is 17.6 Å². The highest BCUT2D eigenvalue weighted by atomic mass is 32.2. The second kappa shape index (κ2) is 9.78. The summed E-state index contributed by atoms with van der Waals surface area (Å²) in [5, 5.41) is 0. The predicted molar refractivity (Wildman–Crippen MR) is 105 cm³/mol. The molecule has 0 spiro atoms. The summed E-state index contributed by atoms with van der Waals surface area (Å²) in [6.07, 6.45) is 2.18. The van der Waals surface area contributed by atoms with Gasteiger partial charge >= 0.3 is 0 Å². The van der Waals surface area contributed by atoms with E-state index in [4.69, 9.17) is 24.1 Å². The van der Waals surface area contributed by atoms with Crippen LogP contribution in [0, 0.1) is 0 Å². The molecule has 0 saturated heterocycles. The maximum absolute atomic E-state index is 12.8. The quantitative estimate of drug-likeness (QED) is 0.393. The van der Waals surface area contributed by atoms with E-state index in [9.17, 15) is 4.79 Å². The van der Waals surface area contributed by atoms with E-state index >= 15 is 0 Å². The van der Waals surface area contributed by atoms with Gasteiger partial charge in [0.2, 0.25) is 17.4 Å². The molecule has 144 valence electrons. The Balaban J connectivity index is 2.13. The second-order valence-corrected chi connectivity index (χ2v) is 6.25. The van der Waals surface area contributed by atoms with Gasteiger partial charge in [-0.1, -0.05) is 36.9 Å². The van der Waals surface area contributed by atoms with Gasteiger partial charge in [0, 0.05) is 5.57 Å². The van der Waals surface area contributed by atoms with E-state index in [1.54, 1.807) is 13.0 Å². The molecule has 1 aliphatic rings. The predicted octanol–water partition coefficient (Wildman–Crippen LogP) is 3.58. The molecule has 0 saturated carbocycles. The summed E-state index contributed by atoms with van der Waals surface area (Å²) in [5.41, 5.74) is 7.43. The van der Waals surface area contributed by atoms with Gasteiger partial charge in [-0.2, -0.15) is 0 Å². The van der Waals surface area contributed by atoms with Gasteiger partial charge in [-0.15, -0.1) is 0 Å². The summed E-state index contributed by atoms with van der Waals surface area (Å²) in [7, 11) is 3.01. The Hall–Kier alpha value is -2.80. The van der Waals surface area contributed by atoms with Crippen molar-refractivity contribution < 1.29 is 23.2 Å². The molecule has 0 fully saturated rings. The SMILES string of the molecule is C=C/C(=C\C(=C(/C)OC)C1OC(N)=C(OSCc2ccccc2)C1=O)OC. The number of ketones is 1. The van der Waals surface area contributed by atoms with Crippen LogP contribution in [0.15, 0.2) is 77.8 Å². The first-order valence-electron chi connectivity index (χ1n) is 8.18. The molecule has 1 heterocycles. The van der Waals surface area contributed by atoms with Gasteiger partial charge in [0.1, 0.15) is 5.76 Å². The van der Waals surface area contributed by atoms with E-state index in [-0.39, 0.29) is 17.4 Å². The van der Waals surface area contributed by atoms with Crippen LogP contribution in [0.3, 0.4) is 0 Å². The first kappa shape index (κ1) is 20.5. The fourth-order valence-electron chi connectivity index (χ4n) is 2.33. The molecule has 1 aliphatic heterocycles. The Morgan fingerprint density at radius 3 is 2.59 bits per heavy atom. The van der Waals surface area contributed by atoms with Gasteiger partial charge in [-0.05, 0) is 24.6 Å². The van der Waals surface area contributed by atoms with Crippen molar-refractivity contribution >= 4 is 17.8 Å². The summed E-state index contributed by atoms with van der Waals surface area (Å²) < 4.78 is 21.6. The lowest BCUT2D eigenvalue weighted by atomic mass is 10.0. The number of carbonyl (C=O) groups is 1. The Kier molecular flexibility index (Phi) is 7.43. The number of rotatable bonds is 9. The van der Waals surface area contributed by atoms with Crippen LogP contribution in [0.5, 0.6) is 0 Å². The minimum absolute atomic E-state index is 0.00620. The molecule has 6 nitrogen and oxygen atoms in total. The van der Waals surface area contributed by atoms with Crippen LogP contribution in [0.25, 0.3) is 0 Å². The zero-order chi connectivity index (χ0) is 19.8. The molecule has 1 aromatic carbocycles. The van der Waals surface area contributed by atoms with Crippen molar-refractivity contribution in [3.63, 3.8) is 0 Å². The molecule has 1 atom stereocenters. The minimum atomic E-state index is -0.970. The molecule has 0 radical (unpaired) electrons. The van der Waals surface area contributed by atoms with Crippen molar-refractivity contribution in [1.29, 1.82) is 0 Å². The van der Waals surface area contributed by atoms with Crippen LogP contribution in [0.2, 0.25) is 0 Å². The molecule has 27 heavy (non-hydrogen) atoms. The Labute approximate surface area is 163 Å². The van der Waals surface area contributed by atoms with Gasteiger partial charge in [0.05, 0.1) is 37.8 Å². The number of carbonyl (C=O) groups excluding carboxylic acids is 1. The smallest absolute Gasteiger partial charge is 0.249 e. The molecule has 0 bridgehead atoms. The van der Waals surface area contributed by atoms with Crippen molar-refractivity contribution in [2.24, 2.45) is 5.73 Å². The van der Waals surface area contributed by atoms with Crippen molar-refractivity contribution in [3.8, 4) is 0 Å². The third-order valence-electron chi connectivity index (χ3n) is 3.87. The van der Waals surface area contributed by atoms with Crippen molar-refractivity contribution in [1.82, 2.24) is 0 Å². The average molecular weight is 389 g/mol. The van der Waals surface area contributed by atoms with Gasteiger partial charge < -0.3 is 24.1 Å². The molecule has 0 aromatic heterocycles. The van der Waals surface area contributed by atoms with E-state index in [1.165, 1.54) is 20.3 Å². The lowest BCUT2D eigenvalue weighted by Gasteiger charge is -2.15. The van der Waals surface area contributed by atoms with Crippen LogP contribution in [-0.2, 0) is 28.9 Å². The van der Waals surface area contributed by atoms with Crippen molar-refractivity contribution in [2.45, 2.75) is 18.8 Å². The van der Waals surface area contributed by atoms with Crippen LogP contribution >= 0.6 is 12.0 Å². The van der Waals surface area contributed by atoms with Crippen LogP contribution < -0.4 is 5.73 Å². The highest BCUT2D eigenvalue weighted by Gasteiger charge is 2.39. The fraction of sp³-hybridized carbons (Fsp3) is 0.250. The minimum Gasteiger partial charge on any atom is -0.501 e. The van der Waals surface area contributed by atoms with Crippen LogP contribution in [0.4, 0.5) is 0 Å². The third kappa shape index (κ3) is 5.10. The molecule has 1 aromatic rings. The molecule has 2 rings (SSSR count). The molecular weight excluding hydrogens is 366 g/mol. The Morgan fingerprint density at radius 2 is 2.00 bits per heavy atom. The monoisotopic (exact) mass is 389 g/mol. The molecule has 0 aliphatic carbocycles. The van der Waals surface area contributed by atoms with Gasteiger partial charge in [0.25, 0.3) is 0 Å². The number of hydrogen-bond acceptors (Lipinski definition) is 7. The Morgan fingerprint density at radius 1 is 1.30 bits per heavy atom. The Bertz CT molecular complexity index is 783. The van der Waals surface area contributed by atoms with E-state index in [0.29, 0.717) is 22.8 Å². The van der Waals surface area contributed by atoms with E-state index in [2.05, 4.69) is 6.58 Å². The maximum atomic E-state index is 12.8. The molecule has 0 amide bonds. The van der Waals surface area contributed by atoms with Crippen LogP contribution in [0.1, 0.15) is 12.5 Å². The highest BCUT2D eigenvalue weighted by molar-refractivity contribution is 7.94. The molecule has 2 N–H and O–H groups in total.